The Morgan fingerprint density at radius 2 is 2.29 bits per heavy atom. The monoisotopic (exact) mass is 208 g/mol. The molecule has 4 heteroatoms. The van der Waals surface area contributed by atoms with Gasteiger partial charge in [0.2, 0.25) is 0 Å². The zero-order valence-corrected chi connectivity index (χ0v) is 8.80. The second-order valence-electron chi connectivity index (χ2n) is 4.17. The number of thiazole rings is 1. The summed E-state index contributed by atoms with van der Waals surface area (Å²) in [7, 11) is 0. The lowest BCUT2D eigenvalue weighted by atomic mass is 10.2. The van der Waals surface area contributed by atoms with Crippen LogP contribution >= 0.6 is 11.3 Å². The molecule has 1 aliphatic heterocycles. The van der Waals surface area contributed by atoms with Crippen LogP contribution in [0.3, 0.4) is 0 Å². The van der Waals surface area contributed by atoms with Crippen LogP contribution in [0.25, 0.3) is 0 Å². The summed E-state index contributed by atoms with van der Waals surface area (Å²) in [6.07, 6.45) is 0. The van der Waals surface area contributed by atoms with Crippen molar-refractivity contribution < 1.29 is 4.79 Å². The van der Waals surface area contributed by atoms with Crippen molar-refractivity contribution >= 4 is 17.1 Å². The topological polar surface area (TPSA) is 42.0 Å². The Kier molecular flexibility index (Phi) is 1.76. The Morgan fingerprint density at radius 3 is 2.86 bits per heavy atom. The van der Waals surface area contributed by atoms with Crippen molar-refractivity contribution in [2.45, 2.75) is 6.92 Å². The van der Waals surface area contributed by atoms with Gasteiger partial charge in [0.25, 0.3) is 0 Å². The first-order chi connectivity index (χ1) is 6.77. The Hall–Kier alpha value is -0.740. The van der Waals surface area contributed by atoms with E-state index < -0.39 is 0 Å². The molecule has 3 rings (SSSR count). The summed E-state index contributed by atoms with van der Waals surface area (Å²) in [5, 5.41) is 5.95. The van der Waals surface area contributed by atoms with Crippen LogP contribution in [0.1, 0.15) is 15.5 Å². The number of aryl methyl sites for hydroxylation is 1. The second kappa shape index (κ2) is 2.87. The highest BCUT2D eigenvalue weighted by Gasteiger charge is 2.57. The molecule has 0 amide bonds. The van der Waals surface area contributed by atoms with E-state index in [0.717, 1.165) is 18.8 Å². The van der Waals surface area contributed by atoms with Crippen LogP contribution in [-0.4, -0.2) is 23.9 Å². The highest BCUT2D eigenvalue weighted by atomic mass is 32.1. The average molecular weight is 208 g/mol. The van der Waals surface area contributed by atoms with Crippen LogP contribution in [0, 0.1) is 24.7 Å². The van der Waals surface area contributed by atoms with Gasteiger partial charge >= 0.3 is 0 Å². The van der Waals surface area contributed by atoms with Crippen LogP contribution in [-0.2, 0) is 0 Å². The summed E-state index contributed by atoms with van der Waals surface area (Å²) in [4.78, 5) is 16.2. The van der Waals surface area contributed by atoms with E-state index in [1.54, 1.807) is 0 Å². The van der Waals surface area contributed by atoms with Crippen LogP contribution in [0.4, 0.5) is 0 Å². The van der Waals surface area contributed by atoms with Gasteiger partial charge < -0.3 is 5.32 Å². The quantitative estimate of drug-likeness (QED) is 0.740. The Balaban J connectivity index is 1.78. The molecule has 1 aromatic rings. The van der Waals surface area contributed by atoms with Crippen LogP contribution in [0.2, 0.25) is 0 Å². The molecule has 2 heterocycles. The molecule has 2 aliphatic rings. The van der Waals surface area contributed by atoms with Crippen molar-refractivity contribution in [3.05, 3.63) is 16.1 Å². The van der Waals surface area contributed by atoms with Gasteiger partial charge in [0.15, 0.2) is 10.8 Å². The van der Waals surface area contributed by atoms with Crippen molar-refractivity contribution in [2.75, 3.05) is 13.1 Å². The van der Waals surface area contributed by atoms with E-state index in [9.17, 15) is 4.79 Å². The average Bonchev–Trinajstić information content (AvgIpc) is 2.56. The molecule has 3 atom stereocenters. The summed E-state index contributed by atoms with van der Waals surface area (Å²) in [5.74, 6) is 1.76. The van der Waals surface area contributed by atoms with Crippen molar-refractivity contribution in [1.82, 2.24) is 10.3 Å². The number of fused-ring (bicyclic) bond motifs is 1. The summed E-state index contributed by atoms with van der Waals surface area (Å²) in [5.41, 5.74) is 0.960. The number of hydrogen-bond donors (Lipinski definition) is 1. The van der Waals surface area contributed by atoms with Gasteiger partial charge in [-0.15, -0.1) is 11.3 Å². The van der Waals surface area contributed by atoms with E-state index in [0.29, 0.717) is 16.8 Å². The predicted octanol–water partition coefficient (Wildman–Crippen LogP) is 1.10. The van der Waals surface area contributed by atoms with Crippen LogP contribution < -0.4 is 5.32 Å². The number of carbonyl (C=O) groups excluding carboxylic acids is 1. The first kappa shape index (κ1) is 8.56. The fraction of sp³-hybridized carbons (Fsp3) is 0.600. The maximum absolute atomic E-state index is 12.0. The van der Waals surface area contributed by atoms with Gasteiger partial charge in [-0.1, -0.05) is 0 Å². The van der Waals surface area contributed by atoms with Crippen LogP contribution in [0.15, 0.2) is 5.38 Å². The number of hydrogen-bond acceptors (Lipinski definition) is 4. The lowest BCUT2D eigenvalue weighted by Crippen LogP contribution is -2.18. The molecule has 1 aromatic heterocycles. The summed E-state index contributed by atoms with van der Waals surface area (Å²) < 4.78 is 0. The van der Waals surface area contributed by atoms with Crippen LogP contribution in [0.5, 0.6) is 0 Å². The molecule has 1 aliphatic carbocycles. The lowest BCUT2D eigenvalue weighted by Gasteiger charge is -2.00. The van der Waals surface area contributed by atoms with E-state index in [-0.39, 0.29) is 11.7 Å². The molecule has 14 heavy (non-hydrogen) atoms. The molecule has 1 saturated carbocycles. The Labute approximate surface area is 86.5 Å². The van der Waals surface area contributed by atoms with Crippen molar-refractivity contribution in [3.8, 4) is 0 Å². The fourth-order valence-corrected chi connectivity index (χ4v) is 3.20. The largest absolute Gasteiger partial charge is 0.316 e. The first-order valence-corrected chi connectivity index (χ1v) is 5.82. The van der Waals surface area contributed by atoms with E-state index in [1.807, 2.05) is 12.3 Å². The highest BCUT2D eigenvalue weighted by molar-refractivity contribution is 7.11. The van der Waals surface area contributed by atoms with E-state index in [2.05, 4.69) is 10.3 Å². The van der Waals surface area contributed by atoms with Gasteiger partial charge in [-0.25, -0.2) is 4.98 Å². The number of piperidine rings is 1. The SMILES string of the molecule is Cc1csc(C(=O)C2[C@H]3CNC[C@@H]23)n1. The van der Waals surface area contributed by atoms with E-state index in [1.165, 1.54) is 11.3 Å². The third kappa shape index (κ3) is 1.14. The van der Waals surface area contributed by atoms with Crippen molar-refractivity contribution in [1.29, 1.82) is 0 Å². The number of nitrogens with one attached hydrogen (secondary N) is 1. The third-order valence-corrected chi connectivity index (χ3v) is 4.20. The summed E-state index contributed by atoms with van der Waals surface area (Å²) >= 11 is 1.48. The summed E-state index contributed by atoms with van der Waals surface area (Å²) in [6.45, 7) is 3.97. The lowest BCUT2D eigenvalue weighted by molar-refractivity contribution is 0.0952. The smallest absolute Gasteiger partial charge is 0.195 e. The summed E-state index contributed by atoms with van der Waals surface area (Å²) in [6, 6.07) is 0. The van der Waals surface area contributed by atoms with Crippen molar-refractivity contribution in [2.24, 2.45) is 17.8 Å². The number of rotatable bonds is 2. The molecule has 1 saturated heterocycles. The molecular formula is C10H12N2OS. The molecule has 0 bridgehead atoms. The molecule has 1 unspecified atom stereocenters. The molecular weight excluding hydrogens is 196 g/mol. The van der Waals surface area contributed by atoms with Gasteiger partial charge in [-0.2, -0.15) is 0 Å². The highest BCUT2D eigenvalue weighted by Crippen LogP contribution is 2.50. The van der Waals surface area contributed by atoms with Gasteiger partial charge in [-0.05, 0) is 31.8 Å². The predicted molar refractivity (Wildman–Crippen MR) is 54.5 cm³/mol. The minimum Gasteiger partial charge on any atom is -0.316 e. The molecule has 0 spiro atoms. The molecule has 1 N–H and O–H groups in total. The minimum atomic E-state index is 0.277. The maximum atomic E-state index is 12.0. The van der Waals surface area contributed by atoms with Crippen molar-refractivity contribution in [3.63, 3.8) is 0 Å². The Morgan fingerprint density at radius 1 is 1.57 bits per heavy atom. The zero-order chi connectivity index (χ0) is 9.71. The minimum absolute atomic E-state index is 0.277. The van der Waals surface area contributed by atoms with E-state index in [4.69, 9.17) is 0 Å². The molecule has 3 nitrogen and oxygen atoms in total. The van der Waals surface area contributed by atoms with Gasteiger partial charge in [0, 0.05) is 17.0 Å². The number of aromatic nitrogens is 1. The number of nitrogens with zero attached hydrogens (tertiary/aromatic N) is 1. The van der Waals surface area contributed by atoms with Gasteiger partial charge in [-0.3, -0.25) is 4.79 Å². The second-order valence-corrected chi connectivity index (χ2v) is 5.03. The standard InChI is InChI=1S/C10H12N2OS/c1-5-4-14-10(12-5)9(13)8-6-2-11-3-7(6)8/h4,6-8,11H,2-3H2,1H3/t6-,7+,8?. The number of carbonyl (C=O) groups is 1. The molecule has 2 fully saturated rings. The fourth-order valence-electron chi connectivity index (χ4n) is 2.42. The molecule has 0 aromatic carbocycles. The van der Waals surface area contributed by atoms with E-state index >= 15 is 0 Å². The van der Waals surface area contributed by atoms with Gasteiger partial charge in [0.1, 0.15) is 0 Å². The maximum Gasteiger partial charge on any atom is 0.195 e. The third-order valence-electron chi connectivity index (χ3n) is 3.22. The molecule has 0 radical (unpaired) electrons. The molecule has 74 valence electrons. The normalized spacial score (nSPS) is 34.2. The number of ketones is 1. The first-order valence-electron chi connectivity index (χ1n) is 4.94. The zero-order valence-electron chi connectivity index (χ0n) is 7.99. The number of Topliss-reactive ketones (excluding diaryl/α,β-unsaturated/α-hetero) is 1. The van der Waals surface area contributed by atoms with Gasteiger partial charge in [0.05, 0.1) is 0 Å². The Bertz CT molecular complexity index is 377.